The highest BCUT2D eigenvalue weighted by molar-refractivity contribution is 6.30. The molecule has 0 aliphatic rings. The van der Waals surface area contributed by atoms with Crippen LogP contribution in [0, 0.1) is 0 Å². The Morgan fingerprint density at radius 1 is 1.26 bits per heavy atom. The second kappa shape index (κ2) is 9.27. The number of unbranched alkanes of at least 4 members (excludes halogenated alkanes) is 1. The molecular formula is C18H23ClN4O4. The number of nitrogens with one attached hydrogen (secondary N) is 1. The van der Waals surface area contributed by atoms with Crippen LogP contribution in [-0.2, 0) is 11.3 Å². The molecule has 0 aliphatic carbocycles. The first-order valence-electron chi connectivity index (χ1n) is 8.70. The minimum absolute atomic E-state index is 0.0288. The number of nitrogen functional groups attached to an aromatic ring is 1. The number of hydrogen-bond acceptors (Lipinski definition) is 5. The summed E-state index contributed by atoms with van der Waals surface area (Å²) in [5.74, 6) is -0.0113. The number of aromatic amines is 1. The lowest BCUT2D eigenvalue weighted by Crippen LogP contribution is -2.42. The van der Waals surface area contributed by atoms with Crippen molar-refractivity contribution in [2.45, 2.75) is 33.2 Å². The maximum absolute atomic E-state index is 12.6. The number of carbonyl (C=O) groups is 1. The zero-order valence-corrected chi connectivity index (χ0v) is 16.1. The quantitative estimate of drug-likeness (QED) is 0.711. The Balaban J connectivity index is 2.27. The van der Waals surface area contributed by atoms with E-state index in [0.717, 1.165) is 12.8 Å². The summed E-state index contributed by atoms with van der Waals surface area (Å²) in [6.07, 6.45) is 1.57. The molecule has 9 heteroatoms. The standard InChI is InChI=1S/C18H23ClN4O4/c1-3-5-10-23-16(20)15(17(25)21-18(23)26)22(4-2)14(24)11-27-13-8-6-12(19)7-9-13/h6-9H,3-5,10-11,20H2,1-2H3,(H,21,25,26). The van der Waals surface area contributed by atoms with E-state index >= 15 is 0 Å². The van der Waals surface area contributed by atoms with E-state index in [4.69, 9.17) is 22.1 Å². The summed E-state index contributed by atoms with van der Waals surface area (Å²) in [6, 6.07) is 6.56. The van der Waals surface area contributed by atoms with Crippen molar-refractivity contribution in [3.05, 3.63) is 50.1 Å². The van der Waals surface area contributed by atoms with Crippen molar-refractivity contribution in [3.8, 4) is 5.75 Å². The third-order valence-corrected chi connectivity index (χ3v) is 4.26. The van der Waals surface area contributed by atoms with Crippen molar-refractivity contribution >= 4 is 29.0 Å². The summed E-state index contributed by atoms with van der Waals surface area (Å²) in [5.41, 5.74) is 4.72. The van der Waals surface area contributed by atoms with Gasteiger partial charge in [-0.2, -0.15) is 0 Å². The Kier molecular flexibility index (Phi) is 7.06. The predicted molar refractivity (Wildman–Crippen MR) is 106 cm³/mol. The van der Waals surface area contributed by atoms with Crippen LogP contribution < -0.4 is 26.6 Å². The molecule has 0 saturated carbocycles. The molecule has 1 aromatic heterocycles. The van der Waals surface area contributed by atoms with Crippen LogP contribution in [-0.4, -0.2) is 28.6 Å². The number of halogens is 1. The second-order valence-corrected chi connectivity index (χ2v) is 6.32. The van der Waals surface area contributed by atoms with Crippen LogP contribution in [0.5, 0.6) is 5.75 Å². The van der Waals surface area contributed by atoms with Crippen molar-refractivity contribution in [1.82, 2.24) is 9.55 Å². The number of anilines is 2. The van der Waals surface area contributed by atoms with Gasteiger partial charge in [0.05, 0.1) is 0 Å². The van der Waals surface area contributed by atoms with Gasteiger partial charge in [-0.3, -0.25) is 19.1 Å². The molecule has 2 rings (SSSR count). The van der Waals surface area contributed by atoms with Gasteiger partial charge in [0.15, 0.2) is 12.3 Å². The van der Waals surface area contributed by atoms with E-state index in [0.29, 0.717) is 17.3 Å². The Morgan fingerprint density at radius 3 is 2.52 bits per heavy atom. The van der Waals surface area contributed by atoms with Crippen LogP contribution in [0.2, 0.25) is 5.02 Å². The fourth-order valence-corrected chi connectivity index (χ4v) is 2.72. The third-order valence-electron chi connectivity index (χ3n) is 4.01. The molecule has 146 valence electrons. The van der Waals surface area contributed by atoms with Gasteiger partial charge >= 0.3 is 5.69 Å². The summed E-state index contributed by atoms with van der Waals surface area (Å²) in [5, 5.41) is 0.553. The van der Waals surface area contributed by atoms with Gasteiger partial charge in [-0.15, -0.1) is 0 Å². The largest absolute Gasteiger partial charge is 0.484 e. The van der Waals surface area contributed by atoms with Gasteiger partial charge in [0.25, 0.3) is 11.5 Å². The third kappa shape index (κ3) is 4.91. The van der Waals surface area contributed by atoms with Crippen LogP contribution >= 0.6 is 11.6 Å². The molecule has 1 aromatic carbocycles. The molecule has 0 saturated heterocycles. The summed E-state index contributed by atoms with van der Waals surface area (Å²) in [6.45, 7) is 3.95. The van der Waals surface area contributed by atoms with Gasteiger partial charge in [0.1, 0.15) is 11.6 Å². The van der Waals surface area contributed by atoms with Crippen LogP contribution in [0.1, 0.15) is 26.7 Å². The highest BCUT2D eigenvalue weighted by Crippen LogP contribution is 2.19. The molecule has 1 amide bonds. The van der Waals surface area contributed by atoms with Gasteiger partial charge in [0.2, 0.25) is 0 Å². The molecule has 0 atom stereocenters. The Bertz CT molecular complexity index is 905. The molecule has 0 bridgehead atoms. The molecule has 0 radical (unpaired) electrons. The van der Waals surface area contributed by atoms with E-state index in [1.807, 2.05) is 6.92 Å². The number of rotatable bonds is 8. The molecular weight excluding hydrogens is 372 g/mol. The summed E-state index contributed by atoms with van der Waals surface area (Å²) >= 11 is 5.82. The Labute approximate surface area is 161 Å². The highest BCUT2D eigenvalue weighted by atomic mass is 35.5. The zero-order chi connectivity index (χ0) is 20.0. The molecule has 1 heterocycles. The van der Waals surface area contributed by atoms with Crippen molar-refractivity contribution in [1.29, 1.82) is 0 Å². The van der Waals surface area contributed by atoms with Crippen molar-refractivity contribution in [2.75, 3.05) is 23.8 Å². The fraction of sp³-hybridized carbons (Fsp3) is 0.389. The number of ether oxygens (including phenoxy) is 1. The highest BCUT2D eigenvalue weighted by Gasteiger charge is 2.23. The van der Waals surface area contributed by atoms with Gasteiger partial charge in [0, 0.05) is 18.1 Å². The van der Waals surface area contributed by atoms with Gasteiger partial charge in [-0.25, -0.2) is 4.79 Å². The van der Waals surface area contributed by atoms with Crippen molar-refractivity contribution in [3.63, 3.8) is 0 Å². The average molecular weight is 395 g/mol. The number of nitrogens with zero attached hydrogens (tertiary/aromatic N) is 2. The van der Waals surface area contributed by atoms with Gasteiger partial charge in [-0.05, 0) is 37.6 Å². The van der Waals surface area contributed by atoms with Crippen molar-refractivity contribution in [2.24, 2.45) is 0 Å². The molecule has 27 heavy (non-hydrogen) atoms. The monoisotopic (exact) mass is 394 g/mol. The SMILES string of the molecule is CCCCn1c(N)c(N(CC)C(=O)COc2ccc(Cl)cc2)c(=O)[nH]c1=O. The number of amides is 1. The van der Waals surface area contributed by atoms with Crippen LogP contribution in [0.15, 0.2) is 33.9 Å². The maximum Gasteiger partial charge on any atom is 0.330 e. The van der Waals surface area contributed by atoms with Gasteiger partial charge < -0.3 is 15.4 Å². The van der Waals surface area contributed by atoms with Gasteiger partial charge in [-0.1, -0.05) is 24.9 Å². The lowest BCUT2D eigenvalue weighted by molar-refractivity contribution is -0.120. The molecule has 2 aromatic rings. The van der Waals surface area contributed by atoms with E-state index in [9.17, 15) is 14.4 Å². The maximum atomic E-state index is 12.6. The van der Waals surface area contributed by atoms with E-state index in [-0.39, 0.29) is 24.7 Å². The van der Waals surface area contributed by atoms with Crippen LogP contribution in [0.25, 0.3) is 0 Å². The Hall–Kier alpha value is -2.74. The van der Waals surface area contributed by atoms with E-state index in [1.54, 1.807) is 31.2 Å². The van der Waals surface area contributed by atoms with E-state index < -0.39 is 17.2 Å². The number of aromatic nitrogens is 2. The number of H-pyrrole nitrogens is 1. The number of hydrogen-bond donors (Lipinski definition) is 2. The minimum atomic E-state index is -0.702. The molecule has 0 aliphatic heterocycles. The smallest absolute Gasteiger partial charge is 0.330 e. The minimum Gasteiger partial charge on any atom is -0.484 e. The predicted octanol–water partition coefficient (Wildman–Crippen LogP) is 2.00. The average Bonchev–Trinajstić information content (AvgIpc) is 2.64. The lowest BCUT2D eigenvalue weighted by atomic mass is 10.3. The number of nitrogens with two attached hydrogens (primary N) is 1. The summed E-state index contributed by atoms with van der Waals surface area (Å²) in [4.78, 5) is 40.4. The van der Waals surface area contributed by atoms with Crippen LogP contribution in [0.3, 0.4) is 0 Å². The first kappa shape index (κ1) is 20.6. The molecule has 3 N–H and O–H groups in total. The zero-order valence-electron chi connectivity index (χ0n) is 15.3. The second-order valence-electron chi connectivity index (χ2n) is 5.88. The Morgan fingerprint density at radius 2 is 1.93 bits per heavy atom. The van der Waals surface area contributed by atoms with E-state index in [2.05, 4.69) is 4.98 Å². The lowest BCUT2D eigenvalue weighted by Gasteiger charge is -2.23. The number of likely N-dealkylation sites (N-methyl/N-ethyl adjacent to an activating group) is 1. The van der Waals surface area contributed by atoms with Crippen molar-refractivity contribution < 1.29 is 9.53 Å². The number of benzene rings is 1. The first-order chi connectivity index (χ1) is 12.9. The molecule has 0 spiro atoms. The molecule has 8 nitrogen and oxygen atoms in total. The number of carbonyl (C=O) groups excluding carboxylic acids is 1. The fourth-order valence-electron chi connectivity index (χ4n) is 2.59. The first-order valence-corrected chi connectivity index (χ1v) is 9.08. The summed E-state index contributed by atoms with van der Waals surface area (Å²) in [7, 11) is 0. The summed E-state index contributed by atoms with van der Waals surface area (Å²) < 4.78 is 6.73. The normalized spacial score (nSPS) is 10.6. The van der Waals surface area contributed by atoms with Crippen LogP contribution in [0.4, 0.5) is 11.5 Å². The van der Waals surface area contributed by atoms with E-state index in [1.165, 1.54) is 9.47 Å². The molecule has 0 fully saturated rings. The molecule has 0 unspecified atom stereocenters. The topological polar surface area (TPSA) is 110 Å².